The number of aromatic nitrogens is 1. The standard InChI is InChI=1S/C15H24N2/c1-11-4-5-13(10-17-11)14-8-15(2,3)7-6-12(14)9-16/h4-5,10,12,14H,6-9,16H2,1-3H3. The molecule has 0 aliphatic heterocycles. The number of rotatable bonds is 2. The van der Waals surface area contributed by atoms with Gasteiger partial charge in [0, 0.05) is 11.9 Å². The summed E-state index contributed by atoms with van der Waals surface area (Å²) in [6, 6.07) is 4.35. The molecule has 17 heavy (non-hydrogen) atoms. The molecule has 1 aliphatic carbocycles. The number of nitrogens with two attached hydrogens (primary N) is 1. The highest BCUT2D eigenvalue weighted by molar-refractivity contribution is 5.20. The van der Waals surface area contributed by atoms with E-state index in [-0.39, 0.29) is 0 Å². The first-order valence-electron chi connectivity index (χ1n) is 6.64. The second-order valence-electron chi connectivity index (χ2n) is 6.24. The molecule has 2 N–H and O–H groups in total. The van der Waals surface area contributed by atoms with Crippen LogP contribution in [0.5, 0.6) is 0 Å². The van der Waals surface area contributed by atoms with Gasteiger partial charge in [-0.3, -0.25) is 4.98 Å². The van der Waals surface area contributed by atoms with Crippen molar-refractivity contribution in [1.82, 2.24) is 4.98 Å². The van der Waals surface area contributed by atoms with Crippen LogP contribution in [0.3, 0.4) is 0 Å². The van der Waals surface area contributed by atoms with E-state index in [1.807, 2.05) is 13.1 Å². The van der Waals surface area contributed by atoms with Gasteiger partial charge in [-0.1, -0.05) is 19.9 Å². The van der Waals surface area contributed by atoms with Gasteiger partial charge in [0.05, 0.1) is 0 Å². The highest BCUT2D eigenvalue weighted by atomic mass is 14.7. The molecule has 0 radical (unpaired) electrons. The van der Waals surface area contributed by atoms with Crippen molar-refractivity contribution in [3.05, 3.63) is 29.6 Å². The molecule has 1 aliphatic rings. The van der Waals surface area contributed by atoms with Gasteiger partial charge in [0.25, 0.3) is 0 Å². The molecule has 1 fully saturated rings. The SMILES string of the molecule is Cc1ccc(C2CC(C)(C)CCC2CN)cn1. The van der Waals surface area contributed by atoms with Crippen LogP contribution in [-0.4, -0.2) is 11.5 Å². The summed E-state index contributed by atoms with van der Waals surface area (Å²) in [6.07, 6.45) is 5.83. The molecule has 2 heteroatoms. The zero-order valence-electron chi connectivity index (χ0n) is 11.2. The number of aryl methyl sites for hydroxylation is 1. The maximum Gasteiger partial charge on any atom is 0.0372 e. The third-order valence-electron chi connectivity index (χ3n) is 4.20. The Labute approximate surface area is 105 Å². The number of pyridine rings is 1. The van der Waals surface area contributed by atoms with Gasteiger partial charge in [-0.05, 0) is 61.6 Å². The second-order valence-corrected chi connectivity index (χ2v) is 6.24. The Morgan fingerprint density at radius 2 is 2.18 bits per heavy atom. The van der Waals surface area contributed by atoms with E-state index in [2.05, 4.69) is 31.0 Å². The molecule has 2 rings (SSSR count). The van der Waals surface area contributed by atoms with Gasteiger partial charge in [-0.15, -0.1) is 0 Å². The third-order valence-corrected chi connectivity index (χ3v) is 4.20. The summed E-state index contributed by atoms with van der Waals surface area (Å²) in [4.78, 5) is 4.43. The minimum Gasteiger partial charge on any atom is -0.330 e. The zero-order valence-corrected chi connectivity index (χ0v) is 11.2. The Hall–Kier alpha value is -0.890. The highest BCUT2D eigenvalue weighted by Crippen LogP contribution is 2.46. The monoisotopic (exact) mass is 232 g/mol. The zero-order chi connectivity index (χ0) is 12.5. The van der Waals surface area contributed by atoms with E-state index in [0.29, 0.717) is 17.3 Å². The summed E-state index contributed by atoms with van der Waals surface area (Å²) >= 11 is 0. The first-order valence-corrected chi connectivity index (χ1v) is 6.64. The van der Waals surface area contributed by atoms with E-state index in [9.17, 15) is 0 Å². The van der Waals surface area contributed by atoms with Gasteiger partial charge in [-0.2, -0.15) is 0 Å². The van der Waals surface area contributed by atoms with Crippen molar-refractivity contribution < 1.29 is 0 Å². The second kappa shape index (κ2) is 4.77. The molecule has 0 aromatic carbocycles. The van der Waals surface area contributed by atoms with Gasteiger partial charge in [-0.25, -0.2) is 0 Å². The predicted molar refractivity (Wildman–Crippen MR) is 71.9 cm³/mol. The first kappa shape index (κ1) is 12.6. The Morgan fingerprint density at radius 3 is 2.76 bits per heavy atom. The van der Waals surface area contributed by atoms with Crippen molar-refractivity contribution in [3.63, 3.8) is 0 Å². The summed E-state index contributed by atoms with van der Waals surface area (Å²) in [7, 11) is 0. The van der Waals surface area contributed by atoms with Gasteiger partial charge in [0.1, 0.15) is 0 Å². The van der Waals surface area contributed by atoms with Gasteiger partial charge in [0.2, 0.25) is 0 Å². The molecule has 0 bridgehead atoms. The number of hydrogen-bond acceptors (Lipinski definition) is 2. The Morgan fingerprint density at radius 1 is 1.41 bits per heavy atom. The molecule has 1 heterocycles. The van der Waals surface area contributed by atoms with Crippen molar-refractivity contribution >= 4 is 0 Å². The smallest absolute Gasteiger partial charge is 0.0372 e. The van der Waals surface area contributed by atoms with Crippen molar-refractivity contribution in [2.45, 2.75) is 46.0 Å². The molecule has 2 nitrogen and oxygen atoms in total. The molecule has 1 aromatic heterocycles. The fourth-order valence-corrected chi connectivity index (χ4v) is 3.01. The van der Waals surface area contributed by atoms with Crippen LogP contribution in [0.25, 0.3) is 0 Å². The van der Waals surface area contributed by atoms with Crippen LogP contribution in [0.4, 0.5) is 0 Å². The van der Waals surface area contributed by atoms with E-state index < -0.39 is 0 Å². The Bertz CT molecular complexity index is 367. The van der Waals surface area contributed by atoms with Gasteiger partial charge in [0.15, 0.2) is 0 Å². The van der Waals surface area contributed by atoms with Crippen molar-refractivity contribution in [2.24, 2.45) is 17.1 Å². The van der Waals surface area contributed by atoms with E-state index in [1.54, 1.807) is 0 Å². The lowest BCUT2D eigenvalue weighted by atomic mass is 9.65. The van der Waals surface area contributed by atoms with E-state index in [0.717, 1.165) is 12.2 Å². The lowest BCUT2D eigenvalue weighted by Gasteiger charge is -2.40. The van der Waals surface area contributed by atoms with E-state index in [4.69, 9.17) is 5.73 Å². The Balaban J connectivity index is 2.23. The number of hydrogen-bond donors (Lipinski definition) is 1. The average Bonchev–Trinajstić information content (AvgIpc) is 2.29. The molecular formula is C15H24N2. The topological polar surface area (TPSA) is 38.9 Å². The fraction of sp³-hybridized carbons (Fsp3) is 0.667. The van der Waals surface area contributed by atoms with Crippen molar-refractivity contribution in [3.8, 4) is 0 Å². The van der Waals surface area contributed by atoms with Gasteiger partial charge < -0.3 is 5.73 Å². The van der Waals surface area contributed by atoms with Crippen LogP contribution in [0.15, 0.2) is 18.3 Å². The van der Waals surface area contributed by atoms with E-state index in [1.165, 1.54) is 24.8 Å². The molecule has 0 saturated heterocycles. The minimum absolute atomic E-state index is 0.446. The van der Waals surface area contributed by atoms with Gasteiger partial charge >= 0.3 is 0 Å². The highest BCUT2D eigenvalue weighted by Gasteiger charge is 2.34. The van der Waals surface area contributed by atoms with Crippen molar-refractivity contribution in [2.75, 3.05) is 6.54 Å². The molecule has 2 unspecified atom stereocenters. The molecule has 1 saturated carbocycles. The summed E-state index contributed by atoms with van der Waals surface area (Å²) < 4.78 is 0. The van der Waals surface area contributed by atoms with Crippen LogP contribution in [0.1, 0.15) is 50.3 Å². The Kier molecular flexibility index (Phi) is 3.53. The normalized spacial score (nSPS) is 28.0. The molecule has 2 atom stereocenters. The maximum absolute atomic E-state index is 5.93. The van der Waals surface area contributed by atoms with E-state index >= 15 is 0 Å². The molecule has 0 amide bonds. The van der Waals surface area contributed by atoms with Crippen LogP contribution < -0.4 is 5.73 Å². The minimum atomic E-state index is 0.446. The maximum atomic E-state index is 5.93. The van der Waals surface area contributed by atoms with Crippen LogP contribution >= 0.6 is 0 Å². The number of nitrogens with zero attached hydrogens (tertiary/aromatic N) is 1. The molecular weight excluding hydrogens is 208 g/mol. The quantitative estimate of drug-likeness (QED) is 0.850. The fourth-order valence-electron chi connectivity index (χ4n) is 3.01. The third kappa shape index (κ3) is 2.86. The predicted octanol–water partition coefficient (Wildman–Crippen LogP) is 3.26. The van der Waals surface area contributed by atoms with Crippen molar-refractivity contribution in [1.29, 1.82) is 0 Å². The summed E-state index contributed by atoms with van der Waals surface area (Å²) in [5.41, 5.74) is 8.84. The summed E-state index contributed by atoms with van der Waals surface area (Å²) in [5.74, 6) is 1.23. The molecule has 1 aromatic rings. The summed E-state index contributed by atoms with van der Waals surface area (Å²) in [5, 5.41) is 0. The van der Waals surface area contributed by atoms with Crippen LogP contribution in [0.2, 0.25) is 0 Å². The molecule has 94 valence electrons. The lowest BCUT2D eigenvalue weighted by Crippen LogP contribution is -2.32. The first-order chi connectivity index (χ1) is 8.02. The molecule has 0 spiro atoms. The average molecular weight is 232 g/mol. The van der Waals surface area contributed by atoms with Crippen LogP contribution in [0, 0.1) is 18.3 Å². The lowest BCUT2D eigenvalue weighted by molar-refractivity contribution is 0.165. The van der Waals surface area contributed by atoms with Crippen LogP contribution in [-0.2, 0) is 0 Å². The largest absolute Gasteiger partial charge is 0.330 e. The summed E-state index contributed by atoms with van der Waals surface area (Å²) in [6.45, 7) is 7.58.